The number of benzene rings is 1. The molecule has 12 nitrogen and oxygen atoms in total. The van der Waals surface area contributed by atoms with Crippen LogP contribution in [0.2, 0.25) is 0 Å². The number of alkyl carbamates (subject to hydrolysis) is 1. The number of amides is 2. The predicted molar refractivity (Wildman–Crippen MR) is 144 cm³/mol. The number of aliphatic hydroxyl groups excluding tert-OH is 2. The Balaban J connectivity index is 1.78. The minimum absolute atomic E-state index is 0.00883. The molecule has 3 atom stereocenters. The molecule has 1 aromatic rings. The molecular weight excluding hydrogens is 593 g/mol. The number of alkyl halides is 3. The van der Waals surface area contributed by atoms with Crippen LogP contribution in [0, 0.1) is 11.8 Å². The summed E-state index contributed by atoms with van der Waals surface area (Å²) in [6.45, 7) is -0.814. The van der Waals surface area contributed by atoms with Gasteiger partial charge in [0.1, 0.15) is 29.4 Å². The number of primary amides is 1. The van der Waals surface area contributed by atoms with Crippen LogP contribution in [0.4, 0.5) is 10.5 Å². The van der Waals surface area contributed by atoms with Crippen LogP contribution in [0.3, 0.4) is 0 Å². The van der Waals surface area contributed by atoms with Gasteiger partial charge in [0.05, 0.1) is 5.56 Å². The van der Waals surface area contributed by atoms with E-state index in [0.717, 1.165) is 0 Å². The van der Waals surface area contributed by atoms with Crippen LogP contribution in [-0.2, 0) is 32.1 Å². The summed E-state index contributed by atoms with van der Waals surface area (Å²) in [6, 6.07) is 1.58. The molecule has 0 radical (unpaired) electrons. The van der Waals surface area contributed by atoms with Gasteiger partial charge in [0.25, 0.3) is 5.91 Å². The fourth-order valence-corrected chi connectivity index (χ4v) is 5.79. The molecule has 1 saturated carbocycles. The van der Waals surface area contributed by atoms with E-state index in [1.807, 2.05) is 0 Å². The summed E-state index contributed by atoms with van der Waals surface area (Å²) in [4.78, 5) is 51.7. The zero-order chi connectivity index (χ0) is 29.9. The first-order valence-corrected chi connectivity index (χ1v) is 13.1. The molecule has 40 heavy (non-hydrogen) atoms. The number of aromatic hydroxyl groups is 1. The summed E-state index contributed by atoms with van der Waals surface area (Å²) < 4.78 is 2.98. The molecule has 0 spiro atoms. The van der Waals surface area contributed by atoms with Crippen molar-refractivity contribution in [1.82, 2.24) is 5.32 Å². The van der Waals surface area contributed by atoms with Crippen molar-refractivity contribution in [2.45, 2.75) is 35.2 Å². The maximum Gasteiger partial charge on any atom is 0.407 e. The summed E-state index contributed by atoms with van der Waals surface area (Å²) in [6.07, 6.45) is -1.22. The van der Waals surface area contributed by atoms with Gasteiger partial charge in [0.2, 0.25) is 9.58 Å². The lowest BCUT2D eigenvalue weighted by atomic mass is 9.59. The van der Waals surface area contributed by atoms with E-state index in [0.29, 0.717) is 11.3 Å². The summed E-state index contributed by atoms with van der Waals surface area (Å²) >= 11 is 16.7. The number of nitrogens with zero attached hydrogens (tertiary/aromatic N) is 1. The van der Waals surface area contributed by atoms with Crippen molar-refractivity contribution in [2.24, 2.45) is 17.6 Å². The number of halogens is 3. The van der Waals surface area contributed by atoms with Crippen LogP contribution in [0.15, 0.2) is 23.0 Å². The second kappa shape index (κ2) is 10.3. The van der Waals surface area contributed by atoms with Gasteiger partial charge in [-0.15, -0.1) is 0 Å². The van der Waals surface area contributed by atoms with Crippen molar-refractivity contribution < 1.29 is 44.3 Å². The van der Waals surface area contributed by atoms with E-state index in [9.17, 15) is 39.6 Å². The van der Waals surface area contributed by atoms with Gasteiger partial charge in [0, 0.05) is 49.8 Å². The molecule has 3 aliphatic carbocycles. The molecule has 216 valence electrons. The maximum absolute atomic E-state index is 13.7. The zero-order valence-electron chi connectivity index (χ0n) is 21.3. The van der Waals surface area contributed by atoms with Crippen LogP contribution in [0.5, 0.6) is 5.75 Å². The molecule has 0 bridgehead atoms. The number of Topliss-reactive ketones (excluding diaryl/α,β-unsaturated/α-hetero) is 2. The van der Waals surface area contributed by atoms with E-state index in [1.54, 1.807) is 25.1 Å². The summed E-state index contributed by atoms with van der Waals surface area (Å²) in [5, 5.41) is 47.0. The monoisotopic (exact) mass is 617 g/mol. The van der Waals surface area contributed by atoms with E-state index >= 15 is 0 Å². The highest BCUT2D eigenvalue weighted by atomic mass is 35.6. The molecule has 0 heterocycles. The number of anilines is 1. The van der Waals surface area contributed by atoms with Crippen LogP contribution in [0.1, 0.15) is 29.5 Å². The molecule has 1 aromatic carbocycles. The number of carbonyl (C=O) groups excluding carboxylic acids is 4. The van der Waals surface area contributed by atoms with Gasteiger partial charge < -0.3 is 41.1 Å². The van der Waals surface area contributed by atoms with E-state index in [1.165, 1.54) is 0 Å². The van der Waals surface area contributed by atoms with Crippen molar-refractivity contribution in [3.8, 4) is 5.75 Å². The molecule has 2 amide bonds. The number of ketones is 2. The number of nitrogens with two attached hydrogens (primary N) is 1. The average molecular weight is 619 g/mol. The van der Waals surface area contributed by atoms with Gasteiger partial charge in [-0.2, -0.15) is 0 Å². The Morgan fingerprint density at radius 3 is 2.42 bits per heavy atom. The van der Waals surface area contributed by atoms with Crippen molar-refractivity contribution in [3.63, 3.8) is 0 Å². The predicted octanol–water partition coefficient (Wildman–Crippen LogP) is 2.09. The first kappa shape index (κ1) is 29.8. The molecule has 7 N–H and O–H groups in total. The molecule has 0 saturated heterocycles. The van der Waals surface area contributed by atoms with E-state index in [-0.39, 0.29) is 36.1 Å². The molecule has 3 aliphatic rings. The lowest BCUT2D eigenvalue weighted by Crippen LogP contribution is -2.58. The number of hydrogen-bond acceptors (Lipinski definition) is 10. The smallest absolute Gasteiger partial charge is 0.407 e. The number of rotatable bonds is 5. The number of hydrogen-bond donors (Lipinski definition) is 6. The lowest BCUT2D eigenvalue weighted by molar-refractivity contribution is -0.147. The first-order chi connectivity index (χ1) is 18.5. The quantitative estimate of drug-likeness (QED) is 0.210. The fourth-order valence-electron chi connectivity index (χ4n) is 5.62. The Bertz CT molecular complexity index is 1400. The second-order valence-electron chi connectivity index (χ2n) is 10.1. The van der Waals surface area contributed by atoms with Crippen LogP contribution in [0.25, 0.3) is 5.76 Å². The largest absolute Gasteiger partial charge is 0.508 e. The molecule has 4 rings (SSSR count). The van der Waals surface area contributed by atoms with Gasteiger partial charge in [-0.05, 0) is 30.4 Å². The first-order valence-electron chi connectivity index (χ1n) is 12.0. The van der Waals surface area contributed by atoms with Gasteiger partial charge in [-0.1, -0.05) is 34.8 Å². The van der Waals surface area contributed by atoms with Crippen LogP contribution >= 0.6 is 34.8 Å². The Morgan fingerprint density at radius 2 is 1.85 bits per heavy atom. The molecule has 0 aliphatic heterocycles. The maximum atomic E-state index is 13.7. The van der Waals surface area contributed by atoms with Crippen LogP contribution < -0.4 is 16.0 Å². The van der Waals surface area contributed by atoms with E-state index in [2.05, 4.69) is 5.32 Å². The zero-order valence-corrected chi connectivity index (χ0v) is 23.5. The SMILES string of the molecule is CN(C)c1cc(CNC(=O)OCC(Cl)(Cl)Cl)c(O)c2c1C[C@H]1C[C@H]3CC(=O)C(C(N)=O)=C(O)[C@@]3(O)C(=O)C1=C2O. The lowest BCUT2D eigenvalue weighted by Gasteiger charge is -2.46. The minimum Gasteiger partial charge on any atom is -0.508 e. The summed E-state index contributed by atoms with van der Waals surface area (Å²) in [5.74, 6) is -7.20. The number of phenolic OH excluding ortho intramolecular Hbond substituents is 1. The fraction of sp³-hybridized carbons (Fsp3) is 0.440. The molecule has 0 aromatic heterocycles. The molecular formula is C25H26Cl3N3O9. The van der Waals surface area contributed by atoms with Crippen molar-refractivity contribution in [3.05, 3.63) is 39.7 Å². The third-order valence-corrected chi connectivity index (χ3v) is 7.72. The van der Waals surface area contributed by atoms with Gasteiger partial charge in [0.15, 0.2) is 11.4 Å². The van der Waals surface area contributed by atoms with Crippen LogP contribution in [-0.4, -0.2) is 74.1 Å². The number of ether oxygens (including phenoxy) is 1. The summed E-state index contributed by atoms with van der Waals surface area (Å²) in [7, 11) is 3.43. The highest BCUT2D eigenvalue weighted by Gasteiger charge is 2.60. The standard InChI is InChI=1S/C25H26Cl3N3O9/c1-31(2)13-5-10(7-30-23(38)40-8-24(26,27)28)18(33)16-12(13)4-9-3-11-6-14(32)17(22(29)37)21(36)25(11,39)20(35)15(9)19(16)34/h5,9,11,33-34,36,39H,3-4,6-8H2,1-2H3,(H2,29,37)(H,30,38)/t9-,11+,25+/m1/s1. The second-order valence-corrected chi connectivity index (χ2v) is 12.6. The third kappa shape index (κ3) is 4.93. The average Bonchev–Trinajstić information content (AvgIpc) is 2.83. The highest BCUT2D eigenvalue weighted by molar-refractivity contribution is 6.67. The Morgan fingerprint density at radius 1 is 1.20 bits per heavy atom. The normalized spacial score (nSPS) is 24.2. The molecule has 0 unspecified atom stereocenters. The molecule has 15 heteroatoms. The van der Waals surface area contributed by atoms with Crippen molar-refractivity contribution in [1.29, 1.82) is 0 Å². The van der Waals surface area contributed by atoms with Gasteiger partial charge in [-0.3, -0.25) is 14.4 Å². The number of phenols is 1. The van der Waals surface area contributed by atoms with E-state index < -0.39 is 80.7 Å². The number of nitrogens with one attached hydrogen (secondary N) is 1. The number of fused-ring (bicyclic) bond motifs is 3. The number of carbonyl (C=O) groups is 4. The van der Waals surface area contributed by atoms with Gasteiger partial charge in [-0.25, -0.2) is 4.79 Å². The summed E-state index contributed by atoms with van der Waals surface area (Å²) in [5.41, 5.74) is 2.47. The topological polar surface area (TPSA) is 200 Å². The number of aliphatic hydroxyl groups is 3. The highest BCUT2D eigenvalue weighted by Crippen LogP contribution is 2.53. The van der Waals surface area contributed by atoms with E-state index in [4.69, 9.17) is 45.3 Å². The molecule has 1 fully saturated rings. The van der Waals surface area contributed by atoms with Gasteiger partial charge >= 0.3 is 6.09 Å². The Kier molecular flexibility index (Phi) is 7.69. The minimum atomic E-state index is -2.67. The third-order valence-electron chi connectivity index (χ3n) is 7.39. The van der Waals surface area contributed by atoms with Crippen molar-refractivity contribution in [2.75, 3.05) is 25.6 Å². The van der Waals surface area contributed by atoms with Crippen molar-refractivity contribution >= 4 is 69.8 Å². The Labute approximate surface area is 242 Å². The Hall–Kier alpha value is -3.19.